The molecule has 3 nitrogen and oxygen atoms in total. The average Bonchev–Trinajstić information content (AvgIpc) is 2.38. The Balaban J connectivity index is 2.28. The molecule has 110 valence electrons. The molecule has 0 aromatic heterocycles. The molecule has 0 saturated heterocycles. The summed E-state index contributed by atoms with van der Waals surface area (Å²) in [4.78, 5) is 11.9. The van der Waals surface area contributed by atoms with Gasteiger partial charge in [-0.05, 0) is 31.2 Å². The number of ketones is 1. The molecular formula is C15H12F2O3S. The number of benzene rings is 2. The lowest BCUT2D eigenvalue weighted by Crippen LogP contribution is -2.17. The molecule has 2 aromatic carbocycles. The molecule has 0 aliphatic carbocycles. The fourth-order valence-corrected chi connectivity index (χ4v) is 3.01. The maximum absolute atomic E-state index is 13.5. The van der Waals surface area contributed by atoms with E-state index in [0.717, 1.165) is 17.7 Å². The third-order valence-electron chi connectivity index (χ3n) is 2.93. The Morgan fingerprint density at radius 2 is 1.67 bits per heavy atom. The highest BCUT2D eigenvalue weighted by molar-refractivity contribution is 7.92. The van der Waals surface area contributed by atoms with Gasteiger partial charge in [-0.15, -0.1) is 0 Å². The van der Waals surface area contributed by atoms with Crippen molar-refractivity contribution in [3.05, 3.63) is 65.2 Å². The molecule has 6 heteroatoms. The molecule has 0 heterocycles. The van der Waals surface area contributed by atoms with Crippen molar-refractivity contribution in [2.45, 2.75) is 11.8 Å². The first-order chi connectivity index (χ1) is 9.79. The zero-order chi connectivity index (χ0) is 15.6. The molecule has 2 aromatic rings. The fraction of sp³-hybridized carbons (Fsp3) is 0.133. The van der Waals surface area contributed by atoms with Crippen LogP contribution in [-0.2, 0) is 9.84 Å². The predicted octanol–water partition coefficient (Wildman–Crippen LogP) is 2.93. The van der Waals surface area contributed by atoms with Gasteiger partial charge in [0.15, 0.2) is 15.6 Å². The smallest absolute Gasteiger partial charge is 0.185 e. The Labute approximate surface area is 121 Å². The molecule has 0 aliphatic heterocycles. The first-order valence-corrected chi connectivity index (χ1v) is 7.72. The summed E-state index contributed by atoms with van der Waals surface area (Å²) in [7, 11) is -3.86. The lowest BCUT2D eigenvalue weighted by Gasteiger charge is -2.05. The molecule has 0 aliphatic rings. The molecule has 0 saturated carbocycles. The fourth-order valence-electron chi connectivity index (χ4n) is 1.79. The van der Waals surface area contributed by atoms with Gasteiger partial charge >= 0.3 is 0 Å². The van der Waals surface area contributed by atoms with E-state index in [1.165, 1.54) is 12.1 Å². The van der Waals surface area contributed by atoms with Gasteiger partial charge in [0.25, 0.3) is 0 Å². The number of aryl methyl sites for hydroxylation is 1. The molecular weight excluding hydrogens is 298 g/mol. The second-order valence-electron chi connectivity index (χ2n) is 4.62. The summed E-state index contributed by atoms with van der Waals surface area (Å²) in [6, 6.07) is 8.39. The Morgan fingerprint density at radius 1 is 1.05 bits per heavy atom. The SMILES string of the molecule is Cc1ccc(S(=O)(=O)CC(=O)c2ccc(F)cc2F)cc1. The summed E-state index contributed by atoms with van der Waals surface area (Å²) in [6.45, 7) is 1.80. The van der Waals surface area contributed by atoms with Crippen molar-refractivity contribution in [2.75, 3.05) is 5.75 Å². The minimum Gasteiger partial charge on any atom is -0.293 e. The van der Waals surface area contributed by atoms with Crippen LogP contribution in [0.1, 0.15) is 15.9 Å². The van der Waals surface area contributed by atoms with Crippen molar-refractivity contribution >= 4 is 15.6 Å². The topological polar surface area (TPSA) is 51.2 Å². The monoisotopic (exact) mass is 310 g/mol. The molecule has 0 atom stereocenters. The predicted molar refractivity (Wildman–Crippen MR) is 73.9 cm³/mol. The minimum absolute atomic E-state index is 0.0102. The summed E-state index contributed by atoms with van der Waals surface area (Å²) in [5, 5.41) is 0. The van der Waals surface area contributed by atoms with Gasteiger partial charge in [0, 0.05) is 6.07 Å². The second-order valence-corrected chi connectivity index (χ2v) is 6.61. The summed E-state index contributed by atoms with van der Waals surface area (Å²) < 4.78 is 50.4. The average molecular weight is 310 g/mol. The van der Waals surface area contributed by atoms with Gasteiger partial charge in [-0.3, -0.25) is 4.79 Å². The van der Waals surface area contributed by atoms with Crippen molar-refractivity contribution in [2.24, 2.45) is 0 Å². The van der Waals surface area contributed by atoms with Gasteiger partial charge in [0.2, 0.25) is 0 Å². The zero-order valence-corrected chi connectivity index (χ0v) is 12.0. The molecule has 2 rings (SSSR count). The molecule has 21 heavy (non-hydrogen) atoms. The number of sulfone groups is 1. The molecule has 0 radical (unpaired) electrons. The van der Waals surface area contributed by atoms with Crippen molar-refractivity contribution in [1.29, 1.82) is 0 Å². The van der Waals surface area contributed by atoms with Crippen LogP contribution in [0.3, 0.4) is 0 Å². The van der Waals surface area contributed by atoms with Crippen LogP contribution in [0.15, 0.2) is 47.4 Å². The summed E-state index contributed by atoms with van der Waals surface area (Å²) in [6.07, 6.45) is 0. The lowest BCUT2D eigenvalue weighted by atomic mass is 10.1. The highest BCUT2D eigenvalue weighted by atomic mass is 32.2. The van der Waals surface area contributed by atoms with Crippen LogP contribution in [0, 0.1) is 18.6 Å². The maximum Gasteiger partial charge on any atom is 0.185 e. The van der Waals surface area contributed by atoms with Crippen molar-refractivity contribution in [1.82, 2.24) is 0 Å². The van der Waals surface area contributed by atoms with Gasteiger partial charge in [0.05, 0.1) is 10.5 Å². The summed E-state index contributed by atoms with van der Waals surface area (Å²) in [5.74, 6) is -3.67. The first-order valence-electron chi connectivity index (χ1n) is 6.07. The van der Waals surface area contributed by atoms with E-state index in [-0.39, 0.29) is 4.90 Å². The number of Topliss-reactive ketones (excluding diaryl/α,β-unsaturated/α-hetero) is 1. The van der Waals surface area contributed by atoms with Crippen molar-refractivity contribution < 1.29 is 22.0 Å². The number of hydrogen-bond acceptors (Lipinski definition) is 3. The van der Waals surface area contributed by atoms with Crippen LogP contribution in [0.5, 0.6) is 0 Å². The highest BCUT2D eigenvalue weighted by Gasteiger charge is 2.22. The maximum atomic E-state index is 13.5. The number of rotatable bonds is 4. The molecule has 0 fully saturated rings. The normalized spacial score (nSPS) is 11.4. The Morgan fingerprint density at radius 3 is 2.24 bits per heavy atom. The van der Waals surface area contributed by atoms with E-state index in [4.69, 9.17) is 0 Å². The van der Waals surface area contributed by atoms with E-state index >= 15 is 0 Å². The molecule has 0 N–H and O–H groups in total. The van der Waals surface area contributed by atoms with Crippen molar-refractivity contribution in [3.8, 4) is 0 Å². The molecule has 0 unspecified atom stereocenters. The molecule has 0 spiro atoms. The third kappa shape index (κ3) is 3.52. The number of hydrogen-bond donors (Lipinski definition) is 0. The number of halogens is 2. The van der Waals surface area contributed by atoms with Gasteiger partial charge < -0.3 is 0 Å². The van der Waals surface area contributed by atoms with Gasteiger partial charge in [0.1, 0.15) is 17.4 Å². The highest BCUT2D eigenvalue weighted by Crippen LogP contribution is 2.16. The Kier molecular flexibility index (Phi) is 4.18. The minimum atomic E-state index is -3.86. The summed E-state index contributed by atoms with van der Waals surface area (Å²) in [5.41, 5.74) is 0.442. The van der Waals surface area contributed by atoms with Gasteiger partial charge in [-0.2, -0.15) is 0 Å². The van der Waals surface area contributed by atoms with E-state index in [1.54, 1.807) is 19.1 Å². The van der Waals surface area contributed by atoms with Gasteiger partial charge in [-0.25, -0.2) is 17.2 Å². The largest absolute Gasteiger partial charge is 0.293 e. The molecule has 0 amide bonds. The lowest BCUT2D eigenvalue weighted by molar-refractivity contribution is 0.101. The standard InChI is InChI=1S/C15H12F2O3S/c1-10-2-5-12(6-3-10)21(19,20)9-15(18)13-7-4-11(16)8-14(13)17/h2-8H,9H2,1H3. The van der Waals surface area contributed by atoms with E-state index in [9.17, 15) is 22.0 Å². The van der Waals surface area contributed by atoms with Gasteiger partial charge in [-0.1, -0.05) is 17.7 Å². The van der Waals surface area contributed by atoms with E-state index in [1.807, 2.05) is 0 Å². The van der Waals surface area contributed by atoms with E-state index in [0.29, 0.717) is 6.07 Å². The first kappa shape index (κ1) is 15.3. The zero-order valence-electron chi connectivity index (χ0n) is 11.1. The van der Waals surface area contributed by atoms with Crippen LogP contribution >= 0.6 is 0 Å². The van der Waals surface area contributed by atoms with Crippen LogP contribution in [-0.4, -0.2) is 20.0 Å². The number of carbonyl (C=O) groups excluding carboxylic acids is 1. The van der Waals surface area contributed by atoms with Crippen LogP contribution in [0.25, 0.3) is 0 Å². The van der Waals surface area contributed by atoms with Crippen LogP contribution < -0.4 is 0 Å². The van der Waals surface area contributed by atoms with Crippen LogP contribution in [0.2, 0.25) is 0 Å². The van der Waals surface area contributed by atoms with E-state index in [2.05, 4.69) is 0 Å². The quantitative estimate of drug-likeness (QED) is 0.816. The Hall–Kier alpha value is -2.08. The van der Waals surface area contributed by atoms with E-state index < -0.39 is 38.6 Å². The second kappa shape index (κ2) is 5.73. The third-order valence-corrected chi connectivity index (χ3v) is 4.57. The molecule has 0 bridgehead atoms. The van der Waals surface area contributed by atoms with Crippen molar-refractivity contribution in [3.63, 3.8) is 0 Å². The number of carbonyl (C=O) groups is 1. The van der Waals surface area contributed by atoms with Crippen LogP contribution in [0.4, 0.5) is 8.78 Å². The Bertz CT molecular complexity index is 781. The summed E-state index contributed by atoms with van der Waals surface area (Å²) >= 11 is 0.